The Labute approximate surface area is 77.1 Å². The number of nitrogens with one attached hydrogen (secondary N) is 2. The SMILES string of the molecule is Cc1cccc(C2CNC(=O)N2)c1. The molecule has 2 N–H and O–H groups in total. The molecule has 1 unspecified atom stereocenters. The number of carbonyl (C=O) groups excluding carboxylic acids is 1. The average Bonchev–Trinajstić information content (AvgIpc) is 2.52. The number of aryl methyl sites for hydroxylation is 1. The molecule has 1 aromatic carbocycles. The molecule has 0 aliphatic carbocycles. The molecule has 1 heterocycles. The molecule has 13 heavy (non-hydrogen) atoms. The molecule has 2 rings (SSSR count). The highest BCUT2D eigenvalue weighted by Gasteiger charge is 2.20. The van der Waals surface area contributed by atoms with Gasteiger partial charge in [-0.1, -0.05) is 29.8 Å². The normalized spacial score (nSPS) is 21.0. The Morgan fingerprint density at radius 3 is 2.92 bits per heavy atom. The Kier molecular flexibility index (Phi) is 1.93. The van der Waals surface area contributed by atoms with Crippen LogP contribution in [0, 0.1) is 6.92 Å². The molecule has 68 valence electrons. The summed E-state index contributed by atoms with van der Waals surface area (Å²) in [7, 11) is 0. The van der Waals surface area contributed by atoms with Gasteiger partial charge in [-0.15, -0.1) is 0 Å². The second-order valence-corrected chi connectivity index (χ2v) is 3.32. The van der Waals surface area contributed by atoms with Gasteiger partial charge in [-0.25, -0.2) is 4.79 Å². The summed E-state index contributed by atoms with van der Waals surface area (Å²) in [5.41, 5.74) is 2.39. The first kappa shape index (κ1) is 8.10. The zero-order valence-corrected chi connectivity index (χ0v) is 7.50. The predicted octanol–water partition coefficient (Wildman–Crippen LogP) is 1.35. The van der Waals surface area contributed by atoms with Crippen LogP contribution in [-0.2, 0) is 0 Å². The molecule has 1 aromatic rings. The minimum Gasteiger partial charge on any atom is -0.336 e. The van der Waals surface area contributed by atoms with Crippen LogP contribution in [-0.4, -0.2) is 12.6 Å². The zero-order valence-electron chi connectivity index (χ0n) is 7.50. The van der Waals surface area contributed by atoms with E-state index in [9.17, 15) is 4.79 Å². The van der Waals surface area contributed by atoms with Gasteiger partial charge in [0.1, 0.15) is 0 Å². The molecule has 0 saturated carbocycles. The Hall–Kier alpha value is -1.51. The van der Waals surface area contributed by atoms with Crippen molar-refractivity contribution in [1.29, 1.82) is 0 Å². The van der Waals surface area contributed by atoms with Gasteiger partial charge in [0.25, 0.3) is 0 Å². The van der Waals surface area contributed by atoms with Crippen LogP contribution in [0.3, 0.4) is 0 Å². The van der Waals surface area contributed by atoms with Crippen molar-refractivity contribution in [2.75, 3.05) is 6.54 Å². The van der Waals surface area contributed by atoms with Gasteiger partial charge in [0.2, 0.25) is 0 Å². The zero-order chi connectivity index (χ0) is 9.26. The molecule has 1 fully saturated rings. The van der Waals surface area contributed by atoms with E-state index >= 15 is 0 Å². The highest BCUT2D eigenvalue weighted by atomic mass is 16.2. The van der Waals surface area contributed by atoms with Gasteiger partial charge in [0.15, 0.2) is 0 Å². The van der Waals surface area contributed by atoms with E-state index in [2.05, 4.69) is 16.7 Å². The standard InChI is InChI=1S/C10H12N2O/c1-7-3-2-4-8(5-7)9-6-11-10(13)12-9/h2-5,9H,6H2,1H3,(H2,11,12,13). The number of hydrogen-bond acceptors (Lipinski definition) is 1. The lowest BCUT2D eigenvalue weighted by Crippen LogP contribution is -2.21. The lowest BCUT2D eigenvalue weighted by atomic mass is 10.1. The largest absolute Gasteiger partial charge is 0.336 e. The lowest BCUT2D eigenvalue weighted by Gasteiger charge is -2.08. The summed E-state index contributed by atoms with van der Waals surface area (Å²) in [5.74, 6) is 0. The molecule has 3 heteroatoms. The van der Waals surface area contributed by atoms with Gasteiger partial charge < -0.3 is 10.6 Å². The van der Waals surface area contributed by atoms with Crippen molar-refractivity contribution in [3.63, 3.8) is 0 Å². The van der Waals surface area contributed by atoms with E-state index < -0.39 is 0 Å². The predicted molar refractivity (Wildman–Crippen MR) is 50.5 cm³/mol. The number of hydrogen-bond donors (Lipinski definition) is 2. The Bertz CT molecular complexity index is 335. The first-order valence-electron chi connectivity index (χ1n) is 4.36. The molecule has 1 atom stereocenters. The number of carbonyl (C=O) groups is 1. The summed E-state index contributed by atoms with van der Waals surface area (Å²) in [5, 5.41) is 5.58. The van der Waals surface area contributed by atoms with Crippen LogP contribution < -0.4 is 10.6 Å². The van der Waals surface area contributed by atoms with Gasteiger partial charge in [0, 0.05) is 6.54 Å². The molecule has 1 saturated heterocycles. The quantitative estimate of drug-likeness (QED) is 0.666. The van der Waals surface area contributed by atoms with E-state index in [0.29, 0.717) is 6.54 Å². The minimum absolute atomic E-state index is 0.0773. The molecule has 2 amide bonds. The molecule has 0 aromatic heterocycles. The van der Waals surface area contributed by atoms with E-state index in [1.54, 1.807) is 0 Å². The second-order valence-electron chi connectivity index (χ2n) is 3.32. The van der Waals surface area contributed by atoms with E-state index in [4.69, 9.17) is 0 Å². The van der Waals surface area contributed by atoms with E-state index in [0.717, 1.165) is 0 Å². The maximum atomic E-state index is 10.9. The lowest BCUT2D eigenvalue weighted by molar-refractivity contribution is 0.247. The fourth-order valence-corrected chi connectivity index (χ4v) is 1.54. The maximum Gasteiger partial charge on any atom is 0.315 e. The topological polar surface area (TPSA) is 41.1 Å². The maximum absolute atomic E-state index is 10.9. The summed E-state index contributed by atoms with van der Waals surface area (Å²) < 4.78 is 0. The Morgan fingerprint density at radius 2 is 2.31 bits per heavy atom. The minimum atomic E-state index is -0.0773. The van der Waals surface area contributed by atoms with Crippen LogP contribution in [0.1, 0.15) is 17.2 Å². The molecular weight excluding hydrogens is 164 g/mol. The van der Waals surface area contributed by atoms with Crippen molar-refractivity contribution < 1.29 is 4.79 Å². The number of amides is 2. The second kappa shape index (κ2) is 3.09. The van der Waals surface area contributed by atoms with E-state index in [-0.39, 0.29) is 12.1 Å². The van der Waals surface area contributed by atoms with Crippen LogP contribution in [0.4, 0.5) is 4.79 Å². The van der Waals surface area contributed by atoms with Crippen molar-refractivity contribution in [2.45, 2.75) is 13.0 Å². The molecule has 1 aliphatic heterocycles. The first-order chi connectivity index (χ1) is 6.25. The fraction of sp³-hybridized carbons (Fsp3) is 0.300. The van der Waals surface area contributed by atoms with Crippen molar-refractivity contribution >= 4 is 6.03 Å². The molecule has 0 radical (unpaired) electrons. The van der Waals surface area contributed by atoms with Gasteiger partial charge in [-0.05, 0) is 12.5 Å². The smallest absolute Gasteiger partial charge is 0.315 e. The van der Waals surface area contributed by atoms with Crippen molar-refractivity contribution in [2.24, 2.45) is 0 Å². The summed E-state index contributed by atoms with van der Waals surface area (Å²) in [6, 6.07) is 8.24. The van der Waals surface area contributed by atoms with Crippen LogP contribution in [0.2, 0.25) is 0 Å². The van der Waals surface area contributed by atoms with Crippen LogP contribution in [0.15, 0.2) is 24.3 Å². The molecule has 0 spiro atoms. The summed E-state index contributed by atoms with van der Waals surface area (Å²) in [4.78, 5) is 10.9. The van der Waals surface area contributed by atoms with Crippen molar-refractivity contribution in [1.82, 2.24) is 10.6 Å². The van der Waals surface area contributed by atoms with Crippen LogP contribution in [0.25, 0.3) is 0 Å². The third-order valence-electron chi connectivity index (χ3n) is 2.22. The number of rotatable bonds is 1. The fourth-order valence-electron chi connectivity index (χ4n) is 1.54. The van der Waals surface area contributed by atoms with Crippen LogP contribution in [0.5, 0.6) is 0 Å². The molecule has 1 aliphatic rings. The number of benzene rings is 1. The van der Waals surface area contributed by atoms with Crippen molar-refractivity contribution in [3.05, 3.63) is 35.4 Å². The molecule has 3 nitrogen and oxygen atoms in total. The van der Waals surface area contributed by atoms with Gasteiger partial charge in [0.05, 0.1) is 6.04 Å². The van der Waals surface area contributed by atoms with Gasteiger partial charge in [-0.3, -0.25) is 0 Å². The van der Waals surface area contributed by atoms with Gasteiger partial charge >= 0.3 is 6.03 Å². The van der Waals surface area contributed by atoms with E-state index in [1.807, 2.05) is 25.1 Å². The number of urea groups is 1. The van der Waals surface area contributed by atoms with Gasteiger partial charge in [-0.2, -0.15) is 0 Å². The van der Waals surface area contributed by atoms with E-state index in [1.165, 1.54) is 11.1 Å². The Balaban J connectivity index is 2.21. The highest BCUT2D eigenvalue weighted by molar-refractivity contribution is 5.76. The summed E-state index contributed by atoms with van der Waals surface area (Å²) in [6.07, 6.45) is 0. The third-order valence-corrected chi connectivity index (χ3v) is 2.22. The highest BCUT2D eigenvalue weighted by Crippen LogP contribution is 2.15. The summed E-state index contributed by atoms with van der Waals surface area (Å²) in [6.45, 7) is 2.73. The van der Waals surface area contributed by atoms with Crippen LogP contribution >= 0.6 is 0 Å². The molecular formula is C10H12N2O. The average molecular weight is 176 g/mol. The first-order valence-corrected chi connectivity index (χ1v) is 4.36. The summed E-state index contributed by atoms with van der Waals surface area (Å²) >= 11 is 0. The van der Waals surface area contributed by atoms with Crippen molar-refractivity contribution in [3.8, 4) is 0 Å². The third kappa shape index (κ3) is 1.64. The Morgan fingerprint density at radius 1 is 1.46 bits per heavy atom. The molecule has 0 bridgehead atoms. The monoisotopic (exact) mass is 176 g/mol.